The summed E-state index contributed by atoms with van der Waals surface area (Å²) in [5, 5.41) is 8.80. The molecule has 17 heteroatoms. The van der Waals surface area contributed by atoms with E-state index in [9.17, 15) is 19.2 Å². The molecule has 0 saturated heterocycles. The van der Waals surface area contributed by atoms with Gasteiger partial charge in [-0.05, 0) is 157 Å². The largest absolute Gasteiger partial charge is 0.459 e. The van der Waals surface area contributed by atoms with E-state index in [4.69, 9.17) is 42.4 Å². The van der Waals surface area contributed by atoms with Gasteiger partial charge in [-0.2, -0.15) is 14.0 Å². The minimum Gasteiger partial charge on any atom is -0.459 e. The summed E-state index contributed by atoms with van der Waals surface area (Å²) in [5.74, 6) is -2.09. The van der Waals surface area contributed by atoms with Crippen LogP contribution in [0.4, 0.5) is 0 Å². The van der Waals surface area contributed by atoms with Gasteiger partial charge in [-0.25, -0.2) is 16.5 Å². The first kappa shape index (κ1) is 53.3. The lowest BCUT2D eigenvalue weighted by molar-refractivity contribution is -0.179. The van der Waals surface area contributed by atoms with Gasteiger partial charge in [0, 0.05) is 12.8 Å². The number of nitrogens with zero attached hydrogens (tertiary/aromatic N) is 6. The zero-order chi connectivity index (χ0) is 44.3. The zero-order valence-corrected chi connectivity index (χ0v) is 38.7. The Hall–Kier alpha value is -3.73. The summed E-state index contributed by atoms with van der Waals surface area (Å²) in [6.07, 6.45) is 5.31. The van der Waals surface area contributed by atoms with Crippen LogP contribution in [0.3, 0.4) is 0 Å². The molecular formula is C40H63ClN6O8S2. The van der Waals surface area contributed by atoms with Crippen LogP contribution in [0.1, 0.15) is 158 Å². The van der Waals surface area contributed by atoms with Crippen LogP contribution in [-0.4, -0.2) is 71.5 Å². The SMILES string of the molecule is CC(C)(C)OC(=O)C(CCCCCC#N)C(=O)OC(C)(C)C.Cc1nsc(Cl)n1.[C-]#[N+]CCCCCC(C(=O)OC(C)(C)C)(C(=O)OC(C)(C)C)c1nc(C)ns1. The highest BCUT2D eigenvalue weighted by atomic mass is 35.5. The van der Waals surface area contributed by atoms with E-state index < -0.39 is 57.6 Å². The van der Waals surface area contributed by atoms with Crippen molar-refractivity contribution in [1.82, 2.24) is 18.7 Å². The first-order valence-electron chi connectivity index (χ1n) is 19.0. The summed E-state index contributed by atoms with van der Waals surface area (Å²) in [6, 6.07) is 2.08. The molecule has 14 nitrogen and oxygen atoms in total. The fraction of sp³-hybridized carbons (Fsp3) is 0.750. The van der Waals surface area contributed by atoms with E-state index >= 15 is 0 Å². The predicted molar refractivity (Wildman–Crippen MR) is 221 cm³/mol. The van der Waals surface area contributed by atoms with Gasteiger partial charge in [0.2, 0.25) is 16.4 Å². The second kappa shape index (κ2) is 24.3. The van der Waals surface area contributed by atoms with Crippen molar-refractivity contribution in [3.63, 3.8) is 0 Å². The molecule has 0 unspecified atom stereocenters. The molecule has 0 radical (unpaired) electrons. The molecular weight excluding hydrogens is 792 g/mol. The molecule has 0 atom stereocenters. The fourth-order valence-electron chi connectivity index (χ4n) is 4.61. The van der Waals surface area contributed by atoms with E-state index in [0.29, 0.717) is 60.4 Å². The number of ether oxygens (including phenoxy) is 4. The number of rotatable bonds is 15. The van der Waals surface area contributed by atoms with Crippen molar-refractivity contribution >= 4 is 58.5 Å². The van der Waals surface area contributed by atoms with Crippen molar-refractivity contribution in [1.29, 1.82) is 5.26 Å². The fourth-order valence-corrected chi connectivity index (χ4v) is 6.11. The van der Waals surface area contributed by atoms with Crippen LogP contribution < -0.4 is 0 Å². The Morgan fingerprint density at radius 2 is 1.16 bits per heavy atom. The summed E-state index contributed by atoms with van der Waals surface area (Å²) < 4.78 is 30.4. The molecule has 0 amide bonds. The molecule has 2 aromatic rings. The molecule has 0 aliphatic heterocycles. The number of carbonyl (C=O) groups excluding carboxylic acids is 4. The number of carbonyl (C=O) groups is 4. The van der Waals surface area contributed by atoms with E-state index in [2.05, 4.69) is 29.6 Å². The lowest BCUT2D eigenvalue weighted by Crippen LogP contribution is -2.50. The van der Waals surface area contributed by atoms with Gasteiger partial charge >= 0.3 is 23.9 Å². The highest BCUT2D eigenvalue weighted by Crippen LogP contribution is 2.37. The number of nitriles is 1. The van der Waals surface area contributed by atoms with Gasteiger partial charge in [0.05, 0.1) is 6.07 Å². The number of unbranched alkanes of at least 4 members (excludes halogenated alkanes) is 5. The Labute approximate surface area is 352 Å². The zero-order valence-electron chi connectivity index (χ0n) is 36.3. The number of aromatic nitrogens is 4. The lowest BCUT2D eigenvalue weighted by Gasteiger charge is -2.33. The van der Waals surface area contributed by atoms with E-state index in [1.807, 2.05) is 6.92 Å². The minimum absolute atomic E-state index is 0.198. The number of halogens is 1. The average Bonchev–Trinajstić information content (AvgIpc) is 3.64. The molecule has 0 aliphatic rings. The van der Waals surface area contributed by atoms with Crippen LogP contribution in [-0.2, 0) is 43.5 Å². The second-order valence-electron chi connectivity index (χ2n) is 17.2. The monoisotopic (exact) mass is 854 g/mol. The minimum atomic E-state index is -1.66. The quantitative estimate of drug-likeness (QED) is 0.0543. The Bertz CT molecular complexity index is 1580. The smallest absolute Gasteiger partial charge is 0.331 e. The van der Waals surface area contributed by atoms with Crippen molar-refractivity contribution in [2.75, 3.05) is 6.54 Å². The highest BCUT2D eigenvalue weighted by molar-refractivity contribution is 7.10. The maximum Gasteiger partial charge on any atom is 0.331 e. The van der Waals surface area contributed by atoms with Crippen molar-refractivity contribution in [2.45, 2.75) is 183 Å². The normalized spacial score (nSPS) is 11.8. The third-order valence-corrected chi connectivity index (χ3v) is 8.73. The molecule has 320 valence electrons. The molecule has 0 fully saturated rings. The number of esters is 4. The van der Waals surface area contributed by atoms with Gasteiger partial charge in [0.1, 0.15) is 39.1 Å². The van der Waals surface area contributed by atoms with Crippen LogP contribution in [0.15, 0.2) is 0 Å². The van der Waals surface area contributed by atoms with Crippen LogP contribution in [0, 0.1) is 37.7 Å². The lowest BCUT2D eigenvalue weighted by atomic mass is 9.82. The number of hydrogen-bond acceptors (Lipinski definition) is 15. The van der Waals surface area contributed by atoms with Crippen LogP contribution in [0.5, 0.6) is 0 Å². The van der Waals surface area contributed by atoms with Gasteiger partial charge < -0.3 is 23.8 Å². The summed E-state index contributed by atoms with van der Waals surface area (Å²) in [6.45, 7) is 32.0. The Balaban J connectivity index is 0.000000955. The maximum atomic E-state index is 13.3. The van der Waals surface area contributed by atoms with Gasteiger partial charge in [-0.15, -0.1) is 0 Å². The molecule has 0 N–H and O–H groups in total. The van der Waals surface area contributed by atoms with E-state index in [1.54, 1.807) is 90.0 Å². The van der Waals surface area contributed by atoms with E-state index in [-0.39, 0.29) is 6.42 Å². The second-order valence-corrected chi connectivity index (χ2v) is 19.3. The Morgan fingerprint density at radius 3 is 1.51 bits per heavy atom. The first-order chi connectivity index (χ1) is 26.1. The standard InChI is InChI=1S/C20H31N3O4S.C17H29NO4.C3H3ClN2S/c1-14-22-15(28-23-14)20(12-10-9-11-13-21-8,16(24)26-18(2,3)4)17(25)27-19(5,6)7;1-16(2,3)21-14(19)13(11-9-7-8-10-12-18)15(20)22-17(4,5)6;1-2-5-3(4)7-6-2/h9-13H2,1-7H3;13H,7-11H2,1-6H3;1H3. The molecule has 2 heterocycles. The highest BCUT2D eigenvalue weighted by Gasteiger charge is 2.55. The Morgan fingerprint density at radius 1 is 0.702 bits per heavy atom. The third-order valence-electron chi connectivity index (χ3n) is 6.88. The average molecular weight is 856 g/mol. The number of hydrogen-bond donors (Lipinski definition) is 0. The number of aryl methyl sites for hydroxylation is 2. The predicted octanol–water partition coefficient (Wildman–Crippen LogP) is 9.51. The van der Waals surface area contributed by atoms with Gasteiger partial charge in [-0.3, -0.25) is 19.2 Å². The van der Waals surface area contributed by atoms with Gasteiger partial charge in [0.25, 0.3) is 0 Å². The molecule has 0 saturated carbocycles. The van der Waals surface area contributed by atoms with Crippen LogP contribution >= 0.6 is 34.7 Å². The van der Waals surface area contributed by atoms with Gasteiger partial charge in [0.15, 0.2) is 5.92 Å². The summed E-state index contributed by atoms with van der Waals surface area (Å²) in [7, 11) is 0. The van der Waals surface area contributed by atoms with Crippen molar-refractivity contribution < 1.29 is 38.1 Å². The van der Waals surface area contributed by atoms with Crippen molar-refractivity contribution in [2.24, 2.45) is 5.92 Å². The van der Waals surface area contributed by atoms with Crippen LogP contribution in [0.2, 0.25) is 4.47 Å². The first-order valence-corrected chi connectivity index (χ1v) is 20.9. The van der Waals surface area contributed by atoms with Crippen molar-refractivity contribution in [3.8, 4) is 6.07 Å². The van der Waals surface area contributed by atoms with Gasteiger partial charge in [-0.1, -0.05) is 19.3 Å². The molecule has 57 heavy (non-hydrogen) atoms. The Kier molecular flexibility index (Phi) is 22.7. The summed E-state index contributed by atoms with van der Waals surface area (Å²) >= 11 is 7.64. The molecule has 0 bridgehead atoms. The van der Waals surface area contributed by atoms with E-state index in [1.165, 1.54) is 11.5 Å². The topological polar surface area (TPSA) is 185 Å². The van der Waals surface area contributed by atoms with Crippen LogP contribution in [0.25, 0.3) is 4.85 Å². The van der Waals surface area contributed by atoms with E-state index in [0.717, 1.165) is 30.2 Å². The molecule has 2 aromatic heterocycles. The van der Waals surface area contributed by atoms with Crippen molar-refractivity contribution in [3.05, 3.63) is 32.5 Å². The third kappa shape index (κ3) is 23.3. The summed E-state index contributed by atoms with van der Waals surface area (Å²) in [4.78, 5) is 62.6. The molecule has 0 aromatic carbocycles. The summed E-state index contributed by atoms with van der Waals surface area (Å²) in [5.41, 5.74) is -4.48. The molecule has 0 spiro atoms. The maximum absolute atomic E-state index is 13.3. The molecule has 2 rings (SSSR count). The molecule has 0 aliphatic carbocycles.